The van der Waals surface area contributed by atoms with E-state index in [2.05, 4.69) is 10.3 Å². The maximum atomic E-state index is 11.6. The molecular weight excluding hydrogens is 216 g/mol. The standard InChI is InChI=1S/C10H11ClN2O2/c11-9-6-7(3-4-12-9)13-10(14)8-2-1-5-15-8/h3-4,6,8H,1-2,5H2,(H,12,13,14)/t8-/m0/s1. The molecule has 1 aliphatic rings. The highest BCUT2D eigenvalue weighted by Gasteiger charge is 2.23. The van der Waals surface area contributed by atoms with Crippen molar-refractivity contribution in [2.24, 2.45) is 0 Å². The molecule has 1 saturated heterocycles. The Morgan fingerprint density at radius 2 is 2.53 bits per heavy atom. The number of amides is 1. The second-order valence-corrected chi connectivity index (χ2v) is 3.75. The second-order valence-electron chi connectivity index (χ2n) is 3.36. The van der Waals surface area contributed by atoms with Crippen LogP contribution in [0.3, 0.4) is 0 Å². The van der Waals surface area contributed by atoms with Gasteiger partial charge in [0, 0.05) is 18.5 Å². The van der Waals surface area contributed by atoms with Crippen LogP contribution in [0.5, 0.6) is 0 Å². The number of pyridine rings is 1. The molecule has 1 aliphatic heterocycles. The van der Waals surface area contributed by atoms with Crippen LogP contribution in [0.25, 0.3) is 0 Å². The van der Waals surface area contributed by atoms with E-state index in [4.69, 9.17) is 16.3 Å². The first-order valence-corrected chi connectivity index (χ1v) is 5.17. The molecule has 0 radical (unpaired) electrons. The van der Waals surface area contributed by atoms with Gasteiger partial charge in [-0.1, -0.05) is 11.6 Å². The summed E-state index contributed by atoms with van der Waals surface area (Å²) in [4.78, 5) is 15.5. The molecule has 0 aliphatic carbocycles. The third-order valence-corrected chi connectivity index (χ3v) is 2.42. The van der Waals surface area contributed by atoms with E-state index in [1.807, 2.05) is 0 Å². The summed E-state index contributed by atoms with van der Waals surface area (Å²) in [6.07, 6.45) is 2.95. The highest BCUT2D eigenvalue weighted by atomic mass is 35.5. The summed E-state index contributed by atoms with van der Waals surface area (Å²) in [5.74, 6) is -0.116. The number of carbonyl (C=O) groups excluding carboxylic acids is 1. The van der Waals surface area contributed by atoms with Crippen LogP contribution in [0, 0.1) is 0 Å². The second kappa shape index (κ2) is 4.59. The summed E-state index contributed by atoms with van der Waals surface area (Å²) in [5.41, 5.74) is 0.649. The molecule has 2 heterocycles. The van der Waals surface area contributed by atoms with Gasteiger partial charge in [0.1, 0.15) is 11.3 Å². The smallest absolute Gasteiger partial charge is 0.253 e. The van der Waals surface area contributed by atoms with Crippen molar-refractivity contribution in [1.82, 2.24) is 4.98 Å². The van der Waals surface area contributed by atoms with E-state index in [0.29, 0.717) is 17.4 Å². The fourth-order valence-electron chi connectivity index (χ4n) is 1.49. The first-order valence-electron chi connectivity index (χ1n) is 4.80. The number of ether oxygens (including phenoxy) is 1. The van der Waals surface area contributed by atoms with Gasteiger partial charge >= 0.3 is 0 Å². The number of anilines is 1. The summed E-state index contributed by atoms with van der Waals surface area (Å²) < 4.78 is 5.26. The summed E-state index contributed by atoms with van der Waals surface area (Å²) >= 11 is 5.69. The van der Waals surface area contributed by atoms with E-state index in [1.54, 1.807) is 18.3 Å². The maximum absolute atomic E-state index is 11.6. The van der Waals surface area contributed by atoms with Gasteiger partial charge in [0.25, 0.3) is 5.91 Å². The monoisotopic (exact) mass is 226 g/mol. The van der Waals surface area contributed by atoms with Gasteiger partial charge in [-0.3, -0.25) is 4.79 Å². The van der Waals surface area contributed by atoms with Crippen LogP contribution in [0.1, 0.15) is 12.8 Å². The minimum Gasteiger partial charge on any atom is -0.368 e. The largest absolute Gasteiger partial charge is 0.368 e. The Morgan fingerprint density at radius 1 is 1.67 bits per heavy atom. The number of halogens is 1. The van der Waals surface area contributed by atoms with Gasteiger partial charge in [0.2, 0.25) is 0 Å². The lowest BCUT2D eigenvalue weighted by atomic mass is 10.2. The molecule has 1 fully saturated rings. The average Bonchev–Trinajstić information content (AvgIpc) is 2.70. The Labute approximate surface area is 92.6 Å². The number of nitrogens with one attached hydrogen (secondary N) is 1. The fraction of sp³-hybridized carbons (Fsp3) is 0.400. The molecule has 1 aromatic heterocycles. The summed E-state index contributed by atoms with van der Waals surface area (Å²) in [6, 6.07) is 3.30. The van der Waals surface area contributed by atoms with E-state index in [9.17, 15) is 4.79 Å². The van der Waals surface area contributed by atoms with Crippen molar-refractivity contribution in [3.05, 3.63) is 23.5 Å². The lowest BCUT2D eigenvalue weighted by Crippen LogP contribution is -2.26. The van der Waals surface area contributed by atoms with E-state index < -0.39 is 0 Å². The van der Waals surface area contributed by atoms with Gasteiger partial charge in [0.05, 0.1) is 0 Å². The molecule has 0 spiro atoms. The van der Waals surface area contributed by atoms with Crippen molar-refractivity contribution < 1.29 is 9.53 Å². The quantitative estimate of drug-likeness (QED) is 0.783. The van der Waals surface area contributed by atoms with Gasteiger partial charge in [-0.05, 0) is 25.0 Å². The van der Waals surface area contributed by atoms with Crippen LogP contribution < -0.4 is 5.32 Å². The molecule has 1 atom stereocenters. The number of hydrogen-bond donors (Lipinski definition) is 1. The maximum Gasteiger partial charge on any atom is 0.253 e. The fourth-order valence-corrected chi connectivity index (χ4v) is 1.66. The molecule has 0 bridgehead atoms. The molecular formula is C10H11ClN2O2. The summed E-state index contributed by atoms with van der Waals surface area (Å²) in [5, 5.41) is 3.10. The molecule has 2 rings (SSSR count). The van der Waals surface area contributed by atoms with E-state index in [1.165, 1.54) is 0 Å². The topological polar surface area (TPSA) is 51.2 Å². The van der Waals surface area contributed by atoms with Gasteiger partial charge < -0.3 is 10.1 Å². The van der Waals surface area contributed by atoms with Gasteiger partial charge in [-0.25, -0.2) is 4.98 Å². The van der Waals surface area contributed by atoms with E-state index in [0.717, 1.165) is 12.8 Å². The van der Waals surface area contributed by atoms with Gasteiger partial charge in [-0.2, -0.15) is 0 Å². The Kier molecular flexibility index (Phi) is 3.18. The zero-order valence-corrected chi connectivity index (χ0v) is 8.83. The number of aromatic nitrogens is 1. The van der Waals surface area contributed by atoms with Crippen molar-refractivity contribution in [1.29, 1.82) is 0 Å². The molecule has 1 N–H and O–H groups in total. The molecule has 1 amide bonds. The molecule has 0 aromatic carbocycles. The third kappa shape index (κ3) is 2.67. The lowest BCUT2D eigenvalue weighted by molar-refractivity contribution is -0.124. The zero-order chi connectivity index (χ0) is 10.7. The van der Waals surface area contributed by atoms with E-state index in [-0.39, 0.29) is 12.0 Å². The summed E-state index contributed by atoms with van der Waals surface area (Å²) in [7, 11) is 0. The zero-order valence-electron chi connectivity index (χ0n) is 8.07. The normalized spacial score (nSPS) is 20.2. The Balaban J connectivity index is 1.99. The predicted molar refractivity (Wildman–Crippen MR) is 56.9 cm³/mol. The summed E-state index contributed by atoms with van der Waals surface area (Å²) in [6.45, 7) is 0.662. The van der Waals surface area contributed by atoms with Crippen molar-refractivity contribution in [2.75, 3.05) is 11.9 Å². The molecule has 0 unspecified atom stereocenters. The Hall–Kier alpha value is -1.13. The third-order valence-electron chi connectivity index (χ3n) is 2.22. The number of carbonyl (C=O) groups is 1. The first-order chi connectivity index (χ1) is 7.25. The van der Waals surface area contributed by atoms with Crippen LogP contribution in [0.4, 0.5) is 5.69 Å². The molecule has 1 aromatic rings. The number of nitrogens with zero attached hydrogens (tertiary/aromatic N) is 1. The van der Waals surface area contributed by atoms with Crippen molar-refractivity contribution in [2.45, 2.75) is 18.9 Å². The van der Waals surface area contributed by atoms with Crippen LogP contribution in [-0.4, -0.2) is 23.6 Å². The predicted octanol–water partition coefficient (Wildman–Crippen LogP) is 1.85. The number of hydrogen-bond acceptors (Lipinski definition) is 3. The molecule has 15 heavy (non-hydrogen) atoms. The molecule has 80 valence electrons. The van der Waals surface area contributed by atoms with Crippen LogP contribution >= 0.6 is 11.6 Å². The Morgan fingerprint density at radius 3 is 3.20 bits per heavy atom. The molecule has 0 saturated carbocycles. The van der Waals surface area contributed by atoms with E-state index >= 15 is 0 Å². The highest BCUT2D eigenvalue weighted by molar-refractivity contribution is 6.29. The Bertz CT molecular complexity index is 364. The van der Waals surface area contributed by atoms with Gasteiger partial charge in [0.15, 0.2) is 0 Å². The van der Waals surface area contributed by atoms with Crippen molar-refractivity contribution in [3.8, 4) is 0 Å². The van der Waals surface area contributed by atoms with Crippen LogP contribution in [-0.2, 0) is 9.53 Å². The van der Waals surface area contributed by atoms with Gasteiger partial charge in [-0.15, -0.1) is 0 Å². The average molecular weight is 227 g/mol. The van der Waals surface area contributed by atoms with Crippen LogP contribution in [0.15, 0.2) is 18.3 Å². The van der Waals surface area contributed by atoms with Crippen molar-refractivity contribution >= 4 is 23.2 Å². The van der Waals surface area contributed by atoms with Crippen LogP contribution in [0.2, 0.25) is 5.15 Å². The number of rotatable bonds is 2. The SMILES string of the molecule is O=C(Nc1ccnc(Cl)c1)[C@@H]1CCCO1. The lowest BCUT2D eigenvalue weighted by Gasteiger charge is -2.09. The highest BCUT2D eigenvalue weighted by Crippen LogP contribution is 2.16. The first kappa shape index (κ1) is 10.4. The minimum absolute atomic E-state index is 0.116. The molecule has 4 nitrogen and oxygen atoms in total. The van der Waals surface area contributed by atoms with Crippen molar-refractivity contribution in [3.63, 3.8) is 0 Å². The molecule has 5 heteroatoms. The minimum atomic E-state index is -0.322.